The van der Waals surface area contributed by atoms with Crippen LogP contribution in [0.5, 0.6) is 0 Å². The Bertz CT molecular complexity index is 277. The largest absolute Gasteiger partial charge is 1.00 e. The molecule has 0 amide bonds. The van der Waals surface area contributed by atoms with Crippen LogP contribution >= 0.6 is 0 Å². The number of hydrogen-bond acceptors (Lipinski definition) is 0. The average molecular weight is 292 g/mol. The van der Waals surface area contributed by atoms with E-state index in [0.29, 0.717) is 0 Å². The van der Waals surface area contributed by atoms with Crippen molar-refractivity contribution in [2.45, 2.75) is 46.2 Å². The van der Waals surface area contributed by atoms with E-state index in [9.17, 15) is 0 Å². The van der Waals surface area contributed by atoms with Crippen molar-refractivity contribution in [1.82, 2.24) is 0 Å². The van der Waals surface area contributed by atoms with Crippen LogP contribution in [0.15, 0.2) is 30.3 Å². The number of aryl methyl sites for hydroxylation is 1. The first kappa shape index (κ1) is 20.6. The predicted octanol–water partition coefficient (Wildman–Crippen LogP) is 2.03. The van der Waals surface area contributed by atoms with Crippen LogP contribution in [0, 0.1) is 6.92 Å². The Labute approximate surface area is 152 Å². The maximum Gasteiger partial charge on any atom is 1.00 e. The van der Waals surface area contributed by atoms with Crippen LogP contribution < -0.4 is 51.4 Å². The molecule has 0 aromatic heterocycles. The predicted molar refractivity (Wildman–Crippen MR) is 81.2 cm³/mol. The van der Waals surface area contributed by atoms with Gasteiger partial charge in [-0.25, -0.2) is 0 Å². The normalized spacial score (nSPS) is 11.0. The number of hydrogen-bond donors (Lipinski definition) is 0. The molecule has 1 nitrogen and oxygen atoms in total. The second kappa shape index (κ2) is 9.20. The van der Waals surface area contributed by atoms with Crippen molar-refractivity contribution in [3.05, 3.63) is 40.5 Å². The fourth-order valence-electron chi connectivity index (χ4n) is 1.54. The molecular formula is C13H26KNSi2. The molecule has 1 rings (SSSR count). The first-order valence-electron chi connectivity index (χ1n) is 5.86. The van der Waals surface area contributed by atoms with Crippen molar-refractivity contribution in [2.75, 3.05) is 0 Å². The summed E-state index contributed by atoms with van der Waals surface area (Å²) >= 11 is 0. The quantitative estimate of drug-likeness (QED) is 0.740. The van der Waals surface area contributed by atoms with Crippen LogP contribution in [0.4, 0.5) is 0 Å². The zero-order chi connectivity index (χ0) is 12.8. The Balaban J connectivity index is 0. The van der Waals surface area contributed by atoms with E-state index in [4.69, 9.17) is 4.65 Å². The Hall–Kier alpha value is 1.25. The standard InChI is InChI=1S/C7H8.C6H18NSi2.K/c1-7-5-3-2-4-6-7;1-8(2,3)7-9(4,5)6;/h2-6H,1H3;1-6H3;/q;-1;+1. The molecule has 0 saturated carbocycles. The van der Waals surface area contributed by atoms with Crippen LogP contribution in [0.1, 0.15) is 5.56 Å². The molecule has 0 fully saturated rings. The molecule has 1 aromatic carbocycles. The van der Waals surface area contributed by atoms with Gasteiger partial charge in [-0.3, -0.25) is 0 Å². The molecule has 4 heteroatoms. The van der Waals surface area contributed by atoms with E-state index >= 15 is 0 Å². The van der Waals surface area contributed by atoms with Gasteiger partial charge in [-0.2, -0.15) is 0 Å². The summed E-state index contributed by atoms with van der Waals surface area (Å²) in [5.41, 5.74) is 1.32. The summed E-state index contributed by atoms with van der Waals surface area (Å²) in [4.78, 5) is 0. The van der Waals surface area contributed by atoms with Crippen LogP contribution in [0.25, 0.3) is 4.65 Å². The van der Waals surface area contributed by atoms with Crippen molar-refractivity contribution in [1.29, 1.82) is 0 Å². The van der Waals surface area contributed by atoms with Gasteiger partial charge < -0.3 is 4.65 Å². The van der Waals surface area contributed by atoms with Gasteiger partial charge in [-0.05, 0) is 6.92 Å². The van der Waals surface area contributed by atoms with Crippen molar-refractivity contribution < 1.29 is 51.4 Å². The van der Waals surface area contributed by atoms with Gasteiger partial charge in [0.2, 0.25) is 0 Å². The zero-order valence-corrected chi connectivity index (χ0v) is 18.0. The smallest absolute Gasteiger partial charge is 0.668 e. The molecule has 92 valence electrons. The summed E-state index contributed by atoms with van der Waals surface area (Å²) in [5.74, 6) is 0. The molecule has 0 spiro atoms. The van der Waals surface area contributed by atoms with Crippen LogP contribution in [0.3, 0.4) is 0 Å². The summed E-state index contributed by atoms with van der Waals surface area (Å²) in [6.45, 7) is 15.9. The van der Waals surface area contributed by atoms with E-state index in [1.165, 1.54) is 5.56 Å². The third-order valence-electron chi connectivity index (χ3n) is 1.61. The maximum absolute atomic E-state index is 4.82. The van der Waals surface area contributed by atoms with Crippen molar-refractivity contribution in [3.8, 4) is 0 Å². The zero-order valence-electron chi connectivity index (χ0n) is 12.8. The monoisotopic (exact) mass is 291 g/mol. The third-order valence-corrected chi connectivity index (χ3v) is 6.98. The van der Waals surface area contributed by atoms with Gasteiger partial charge in [-0.1, -0.05) is 91.6 Å². The van der Waals surface area contributed by atoms with Gasteiger partial charge >= 0.3 is 51.4 Å². The molecule has 0 radical (unpaired) electrons. The minimum Gasteiger partial charge on any atom is -0.668 e. The van der Waals surface area contributed by atoms with E-state index in [1.54, 1.807) is 0 Å². The summed E-state index contributed by atoms with van der Waals surface area (Å²) in [5, 5.41) is 0. The van der Waals surface area contributed by atoms with Crippen LogP contribution in [0.2, 0.25) is 39.3 Å². The van der Waals surface area contributed by atoms with E-state index in [0.717, 1.165) is 0 Å². The fourth-order valence-corrected chi connectivity index (χ4v) is 9.59. The first-order chi connectivity index (χ1) is 7.10. The number of benzene rings is 1. The summed E-state index contributed by atoms with van der Waals surface area (Å²) < 4.78 is 4.82. The number of rotatable bonds is 2. The van der Waals surface area contributed by atoms with E-state index < -0.39 is 16.5 Å². The molecule has 0 saturated heterocycles. The van der Waals surface area contributed by atoms with Crippen LogP contribution in [-0.2, 0) is 0 Å². The molecule has 1 aromatic rings. The summed E-state index contributed by atoms with van der Waals surface area (Å²) in [6.07, 6.45) is 0. The van der Waals surface area contributed by atoms with Crippen LogP contribution in [-0.4, -0.2) is 16.5 Å². The van der Waals surface area contributed by atoms with Crippen molar-refractivity contribution >= 4 is 16.5 Å². The molecular weight excluding hydrogens is 265 g/mol. The fraction of sp³-hybridized carbons (Fsp3) is 0.538. The molecule has 17 heavy (non-hydrogen) atoms. The Morgan fingerprint density at radius 2 is 1.12 bits per heavy atom. The third kappa shape index (κ3) is 17.3. The molecule has 0 unspecified atom stereocenters. The summed E-state index contributed by atoms with van der Waals surface area (Å²) in [7, 11) is -2.21. The SMILES string of the molecule is C[Si](C)(C)[N-][Si](C)(C)C.Cc1ccccc1.[K+]. The molecule has 0 aliphatic carbocycles. The second-order valence-electron chi connectivity index (χ2n) is 6.11. The van der Waals surface area contributed by atoms with Gasteiger partial charge in [0.05, 0.1) is 0 Å². The van der Waals surface area contributed by atoms with Crippen molar-refractivity contribution in [2.24, 2.45) is 0 Å². The minimum absolute atomic E-state index is 0. The van der Waals surface area contributed by atoms with Gasteiger partial charge in [0.1, 0.15) is 0 Å². The maximum atomic E-state index is 4.82. The molecule has 0 atom stereocenters. The molecule has 0 aliphatic rings. The van der Waals surface area contributed by atoms with E-state index in [-0.39, 0.29) is 51.4 Å². The minimum atomic E-state index is -1.11. The summed E-state index contributed by atoms with van der Waals surface area (Å²) in [6, 6.07) is 10.3. The first-order valence-corrected chi connectivity index (χ1v) is 12.8. The van der Waals surface area contributed by atoms with Gasteiger partial charge in [0.25, 0.3) is 0 Å². The average Bonchev–Trinajstić information content (AvgIpc) is 1.99. The molecule has 0 heterocycles. The van der Waals surface area contributed by atoms with Gasteiger partial charge in [-0.15, -0.1) is 0 Å². The van der Waals surface area contributed by atoms with E-state index in [2.05, 4.69) is 58.3 Å². The van der Waals surface area contributed by atoms with Gasteiger partial charge in [0, 0.05) is 0 Å². The molecule has 0 N–H and O–H groups in total. The number of nitrogens with zero attached hydrogens (tertiary/aromatic N) is 1. The van der Waals surface area contributed by atoms with E-state index in [1.807, 2.05) is 18.2 Å². The Kier molecular flexibility index (Phi) is 11.1. The molecule has 0 bridgehead atoms. The van der Waals surface area contributed by atoms with Crippen molar-refractivity contribution in [3.63, 3.8) is 0 Å². The Morgan fingerprint density at radius 1 is 0.765 bits per heavy atom. The Morgan fingerprint density at radius 3 is 1.24 bits per heavy atom. The van der Waals surface area contributed by atoms with Gasteiger partial charge in [0.15, 0.2) is 0 Å². The second-order valence-corrected chi connectivity index (χ2v) is 15.7. The topological polar surface area (TPSA) is 14.1 Å². The molecule has 0 aliphatic heterocycles.